The standard InChI is InChI=1S/C21H20N2O3S/c1-25-17-10-15-8-9-23(12-16(15)11-18(17)26-2)21(24)19-20(27-13-22-19)14-6-4-3-5-7-14/h3-7,10-11,13H,8-9,12H2,1-2H3. The number of amides is 1. The first-order valence-electron chi connectivity index (χ1n) is 8.73. The topological polar surface area (TPSA) is 51.7 Å². The van der Waals surface area contributed by atoms with Crippen LogP contribution < -0.4 is 9.47 Å². The molecule has 0 aliphatic carbocycles. The van der Waals surface area contributed by atoms with Gasteiger partial charge in [-0.15, -0.1) is 11.3 Å². The van der Waals surface area contributed by atoms with E-state index in [9.17, 15) is 4.79 Å². The van der Waals surface area contributed by atoms with Crippen LogP contribution in [0.25, 0.3) is 10.4 Å². The number of thiazole rings is 1. The van der Waals surface area contributed by atoms with Gasteiger partial charge in [0.25, 0.3) is 5.91 Å². The van der Waals surface area contributed by atoms with Gasteiger partial charge in [0.15, 0.2) is 11.5 Å². The van der Waals surface area contributed by atoms with Crippen molar-refractivity contribution in [2.24, 2.45) is 0 Å². The average Bonchev–Trinajstić information content (AvgIpc) is 3.22. The van der Waals surface area contributed by atoms with Crippen molar-refractivity contribution in [2.75, 3.05) is 20.8 Å². The molecule has 0 radical (unpaired) electrons. The van der Waals surface area contributed by atoms with Gasteiger partial charge < -0.3 is 14.4 Å². The molecule has 5 nitrogen and oxygen atoms in total. The molecule has 0 spiro atoms. The van der Waals surface area contributed by atoms with Gasteiger partial charge in [-0.2, -0.15) is 0 Å². The summed E-state index contributed by atoms with van der Waals surface area (Å²) < 4.78 is 10.8. The Kier molecular flexibility index (Phi) is 4.81. The smallest absolute Gasteiger partial charge is 0.274 e. The zero-order valence-electron chi connectivity index (χ0n) is 15.3. The van der Waals surface area contributed by atoms with Crippen molar-refractivity contribution in [1.82, 2.24) is 9.88 Å². The summed E-state index contributed by atoms with van der Waals surface area (Å²) in [6.07, 6.45) is 0.784. The Balaban J connectivity index is 1.62. The highest BCUT2D eigenvalue weighted by Crippen LogP contribution is 2.34. The monoisotopic (exact) mass is 380 g/mol. The minimum Gasteiger partial charge on any atom is -0.493 e. The fourth-order valence-corrected chi connectivity index (χ4v) is 4.19. The largest absolute Gasteiger partial charge is 0.493 e. The highest BCUT2D eigenvalue weighted by atomic mass is 32.1. The lowest BCUT2D eigenvalue weighted by molar-refractivity contribution is 0.0730. The molecule has 1 amide bonds. The van der Waals surface area contributed by atoms with Gasteiger partial charge in [-0.3, -0.25) is 4.79 Å². The summed E-state index contributed by atoms with van der Waals surface area (Å²) in [4.78, 5) is 20.3. The minimum absolute atomic E-state index is 0.0319. The van der Waals surface area contributed by atoms with Crippen molar-refractivity contribution < 1.29 is 14.3 Å². The summed E-state index contributed by atoms with van der Waals surface area (Å²) in [6, 6.07) is 13.9. The van der Waals surface area contributed by atoms with Gasteiger partial charge in [0.05, 0.1) is 24.6 Å². The number of fused-ring (bicyclic) bond motifs is 1. The van der Waals surface area contributed by atoms with Gasteiger partial charge in [-0.25, -0.2) is 4.98 Å². The van der Waals surface area contributed by atoms with Crippen LogP contribution in [-0.4, -0.2) is 36.6 Å². The van der Waals surface area contributed by atoms with Gasteiger partial charge in [0.2, 0.25) is 0 Å². The molecule has 6 heteroatoms. The van der Waals surface area contributed by atoms with Gasteiger partial charge in [-0.1, -0.05) is 30.3 Å². The second kappa shape index (κ2) is 7.40. The molecule has 3 aromatic rings. The second-order valence-corrected chi connectivity index (χ2v) is 7.20. The second-order valence-electron chi connectivity index (χ2n) is 6.35. The van der Waals surface area contributed by atoms with Crippen molar-refractivity contribution in [2.45, 2.75) is 13.0 Å². The summed E-state index contributed by atoms with van der Waals surface area (Å²) in [5.74, 6) is 1.38. The van der Waals surface area contributed by atoms with E-state index in [1.165, 1.54) is 16.9 Å². The Morgan fingerprint density at radius 2 is 1.78 bits per heavy atom. The molecule has 0 N–H and O–H groups in total. The Morgan fingerprint density at radius 1 is 1.07 bits per heavy atom. The van der Waals surface area contributed by atoms with E-state index in [1.54, 1.807) is 19.7 Å². The average molecular weight is 380 g/mol. The molecule has 27 heavy (non-hydrogen) atoms. The molecule has 4 rings (SSSR count). The molecule has 1 aliphatic heterocycles. The van der Waals surface area contributed by atoms with Crippen LogP contribution in [0.1, 0.15) is 21.6 Å². The van der Waals surface area contributed by atoms with Crippen LogP contribution in [0.5, 0.6) is 11.5 Å². The highest BCUT2D eigenvalue weighted by molar-refractivity contribution is 7.13. The lowest BCUT2D eigenvalue weighted by atomic mass is 9.98. The van der Waals surface area contributed by atoms with Gasteiger partial charge in [0.1, 0.15) is 5.69 Å². The Morgan fingerprint density at radius 3 is 2.48 bits per heavy atom. The molecule has 138 valence electrons. The summed E-state index contributed by atoms with van der Waals surface area (Å²) >= 11 is 1.50. The zero-order valence-corrected chi connectivity index (χ0v) is 16.1. The van der Waals surface area contributed by atoms with E-state index in [0.29, 0.717) is 24.5 Å². The van der Waals surface area contributed by atoms with E-state index in [-0.39, 0.29) is 5.91 Å². The maximum atomic E-state index is 13.2. The molecular formula is C21H20N2O3S. The van der Waals surface area contributed by atoms with E-state index >= 15 is 0 Å². The molecule has 0 saturated heterocycles. The lowest BCUT2D eigenvalue weighted by Gasteiger charge is -2.29. The molecule has 1 aliphatic rings. The van der Waals surface area contributed by atoms with E-state index in [1.807, 2.05) is 47.4 Å². The first-order valence-corrected chi connectivity index (χ1v) is 9.61. The van der Waals surface area contributed by atoms with E-state index < -0.39 is 0 Å². The first kappa shape index (κ1) is 17.5. The molecule has 0 fully saturated rings. The number of hydrogen-bond donors (Lipinski definition) is 0. The maximum absolute atomic E-state index is 13.2. The highest BCUT2D eigenvalue weighted by Gasteiger charge is 2.27. The Bertz CT molecular complexity index is 969. The summed E-state index contributed by atoms with van der Waals surface area (Å²) in [5.41, 5.74) is 5.56. The van der Waals surface area contributed by atoms with Gasteiger partial charge >= 0.3 is 0 Å². The van der Waals surface area contributed by atoms with Crippen LogP contribution >= 0.6 is 11.3 Å². The lowest BCUT2D eigenvalue weighted by Crippen LogP contribution is -2.36. The third kappa shape index (κ3) is 3.28. The van der Waals surface area contributed by atoms with Crippen molar-refractivity contribution in [1.29, 1.82) is 0 Å². The molecular weight excluding hydrogens is 360 g/mol. The van der Waals surface area contributed by atoms with Crippen LogP contribution in [0.4, 0.5) is 0 Å². The molecule has 0 bridgehead atoms. The van der Waals surface area contributed by atoms with E-state index in [2.05, 4.69) is 4.98 Å². The number of carbonyl (C=O) groups is 1. The van der Waals surface area contributed by atoms with Crippen molar-refractivity contribution in [3.05, 3.63) is 64.8 Å². The van der Waals surface area contributed by atoms with Crippen LogP contribution in [0.2, 0.25) is 0 Å². The fourth-order valence-electron chi connectivity index (χ4n) is 3.40. The van der Waals surface area contributed by atoms with Crippen LogP contribution in [0.15, 0.2) is 48.0 Å². The Hall–Kier alpha value is -2.86. The fraction of sp³-hybridized carbons (Fsp3) is 0.238. The summed E-state index contributed by atoms with van der Waals surface area (Å²) in [5, 5.41) is 0. The van der Waals surface area contributed by atoms with Crippen molar-refractivity contribution >= 4 is 17.2 Å². The number of carbonyl (C=O) groups excluding carboxylic acids is 1. The number of ether oxygens (including phenoxy) is 2. The van der Waals surface area contributed by atoms with Crippen LogP contribution in [0, 0.1) is 0 Å². The first-order chi connectivity index (χ1) is 13.2. The van der Waals surface area contributed by atoms with Gasteiger partial charge in [-0.05, 0) is 35.2 Å². The number of methoxy groups -OCH3 is 2. The molecule has 2 aromatic carbocycles. The quantitative estimate of drug-likeness (QED) is 0.686. The molecule has 0 saturated carbocycles. The van der Waals surface area contributed by atoms with E-state index in [4.69, 9.17) is 9.47 Å². The summed E-state index contributed by atoms with van der Waals surface area (Å²) in [7, 11) is 3.26. The normalized spacial score (nSPS) is 13.2. The minimum atomic E-state index is -0.0319. The van der Waals surface area contributed by atoms with Crippen LogP contribution in [-0.2, 0) is 13.0 Å². The third-order valence-corrected chi connectivity index (χ3v) is 5.69. The number of rotatable bonds is 4. The van der Waals surface area contributed by atoms with Crippen LogP contribution in [0.3, 0.4) is 0 Å². The predicted molar refractivity (Wildman–Crippen MR) is 106 cm³/mol. The molecule has 2 heterocycles. The SMILES string of the molecule is COc1cc2c(cc1OC)CN(C(=O)c1ncsc1-c1ccccc1)CC2. The molecule has 1 aromatic heterocycles. The predicted octanol–water partition coefficient (Wildman–Crippen LogP) is 4.03. The zero-order chi connectivity index (χ0) is 18.8. The number of nitrogens with zero attached hydrogens (tertiary/aromatic N) is 2. The third-order valence-electron chi connectivity index (χ3n) is 4.81. The molecule has 0 atom stereocenters. The number of aromatic nitrogens is 1. The van der Waals surface area contributed by atoms with Crippen molar-refractivity contribution in [3.8, 4) is 21.9 Å². The molecule has 0 unspecified atom stereocenters. The summed E-state index contributed by atoms with van der Waals surface area (Å²) in [6.45, 7) is 1.20. The van der Waals surface area contributed by atoms with Crippen molar-refractivity contribution in [3.63, 3.8) is 0 Å². The number of hydrogen-bond acceptors (Lipinski definition) is 5. The Labute approximate surface area is 162 Å². The van der Waals surface area contributed by atoms with Gasteiger partial charge in [0, 0.05) is 13.1 Å². The van der Waals surface area contributed by atoms with E-state index in [0.717, 1.165) is 28.2 Å². The number of benzene rings is 2. The maximum Gasteiger partial charge on any atom is 0.274 e.